The van der Waals surface area contributed by atoms with Crippen LogP contribution >= 0.6 is 0 Å². The van der Waals surface area contributed by atoms with E-state index in [1.54, 1.807) is 0 Å². The van der Waals surface area contributed by atoms with Crippen LogP contribution < -0.4 is 5.73 Å². The number of Topliss-reactive ketones (excluding diaryl/α,β-unsaturated/α-hetero) is 1. The molecule has 0 aliphatic heterocycles. The van der Waals surface area contributed by atoms with E-state index in [4.69, 9.17) is 12.2 Å². The van der Waals surface area contributed by atoms with Gasteiger partial charge in [-0.25, -0.2) is 0 Å². The van der Waals surface area contributed by atoms with E-state index in [-0.39, 0.29) is 11.2 Å². The lowest BCUT2D eigenvalue weighted by atomic mass is 9.86. The van der Waals surface area contributed by atoms with Crippen LogP contribution in [-0.2, 0) is 4.79 Å². The first-order chi connectivity index (χ1) is 4.89. The number of carbonyl (C=O) groups excluding carboxylic acids is 1. The van der Waals surface area contributed by atoms with Gasteiger partial charge in [0.1, 0.15) is 0 Å². The zero-order valence-corrected chi connectivity index (χ0v) is 7.35. The smallest absolute Gasteiger partial charge is 0.155 e. The van der Waals surface area contributed by atoms with Gasteiger partial charge < -0.3 is 5.73 Å². The summed E-state index contributed by atoms with van der Waals surface area (Å²) < 4.78 is 0. The molecule has 0 saturated carbocycles. The molecule has 0 bridgehead atoms. The molecule has 2 heteroatoms. The minimum absolute atomic E-state index is 0.0236. The molecule has 2 nitrogen and oxygen atoms in total. The Balaban J connectivity index is 4.17. The first kappa shape index (κ1) is 10.2. The Morgan fingerprint density at radius 3 is 2.36 bits per heavy atom. The van der Waals surface area contributed by atoms with Crippen molar-refractivity contribution in [2.24, 2.45) is 11.1 Å². The topological polar surface area (TPSA) is 43.1 Å². The van der Waals surface area contributed by atoms with Crippen LogP contribution in [0.1, 0.15) is 27.2 Å². The Kier molecular flexibility index (Phi) is 3.28. The van der Waals surface area contributed by atoms with Gasteiger partial charge in [-0.2, -0.15) is 0 Å². The minimum atomic E-state index is -0.500. The van der Waals surface area contributed by atoms with Gasteiger partial charge in [0.05, 0.1) is 6.04 Å². The standard InChI is InChI=1S/C9H15NO/c1-5-6-7(10)8(11)9(2,3)4/h1,7H,6,10H2,2-4H3. The maximum Gasteiger partial charge on any atom is 0.155 e. The summed E-state index contributed by atoms with van der Waals surface area (Å²) in [4.78, 5) is 11.3. The Morgan fingerprint density at radius 1 is 1.64 bits per heavy atom. The average molecular weight is 153 g/mol. The van der Waals surface area contributed by atoms with E-state index < -0.39 is 6.04 Å². The van der Waals surface area contributed by atoms with Crippen LogP contribution in [0.2, 0.25) is 0 Å². The average Bonchev–Trinajstić information content (AvgIpc) is 1.85. The zero-order chi connectivity index (χ0) is 9.07. The minimum Gasteiger partial charge on any atom is -0.321 e. The largest absolute Gasteiger partial charge is 0.321 e. The van der Waals surface area contributed by atoms with Crippen LogP contribution in [0, 0.1) is 17.8 Å². The Morgan fingerprint density at radius 2 is 2.09 bits per heavy atom. The van der Waals surface area contributed by atoms with Crippen molar-refractivity contribution in [3.63, 3.8) is 0 Å². The third kappa shape index (κ3) is 3.20. The van der Waals surface area contributed by atoms with Crippen LogP contribution in [-0.4, -0.2) is 11.8 Å². The lowest BCUT2D eigenvalue weighted by molar-refractivity contribution is -0.127. The molecule has 0 saturated heterocycles. The van der Waals surface area contributed by atoms with Gasteiger partial charge in [0.2, 0.25) is 0 Å². The van der Waals surface area contributed by atoms with E-state index in [9.17, 15) is 4.79 Å². The van der Waals surface area contributed by atoms with Crippen molar-refractivity contribution in [2.45, 2.75) is 33.2 Å². The molecule has 1 atom stereocenters. The number of terminal acetylenes is 1. The highest BCUT2D eigenvalue weighted by Gasteiger charge is 2.26. The summed E-state index contributed by atoms with van der Waals surface area (Å²) in [5.74, 6) is 2.40. The molecule has 0 aliphatic rings. The van der Waals surface area contributed by atoms with E-state index in [2.05, 4.69) is 5.92 Å². The van der Waals surface area contributed by atoms with Crippen LogP contribution in [0.5, 0.6) is 0 Å². The maximum absolute atomic E-state index is 11.3. The first-order valence-corrected chi connectivity index (χ1v) is 3.63. The molecule has 2 N–H and O–H groups in total. The van der Waals surface area contributed by atoms with E-state index in [0.717, 1.165) is 0 Å². The number of rotatable bonds is 2. The second-order valence-corrected chi connectivity index (χ2v) is 3.63. The molecule has 0 rings (SSSR count). The fraction of sp³-hybridized carbons (Fsp3) is 0.667. The lowest BCUT2D eigenvalue weighted by Crippen LogP contribution is -2.38. The predicted octanol–water partition coefficient (Wildman–Crippen LogP) is 0.952. The molecular weight excluding hydrogens is 138 g/mol. The van der Waals surface area contributed by atoms with Gasteiger partial charge >= 0.3 is 0 Å². The Hall–Kier alpha value is -0.810. The highest BCUT2D eigenvalue weighted by atomic mass is 16.1. The van der Waals surface area contributed by atoms with Crippen molar-refractivity contribution < 1.29 is 4.79 Å². The van der Waals surface area contributed by atoms with Crippen molar-refractivity contribution >= 4 is 5.78 Å². The number of hydrogen-bond acceptors (Lipinski definition) is 2. The molecule has 0 aromatic carbocycles. The predicted molar refractivity (Wildman–Crippen MR) is 45.9 cm³/mol. The summed E-state index contributed by atoms with van der Waals surface area (Å²) in [5.41, 5.74) is 5.14. The van der Waals surface area contributed by atoms with E-state index in [1.165, 1.54) is 0 Å². The molecule has 0 fully saturated rings. The normalized spacial score (nSPS) is 13.7. The van der Waals surface area contributed by atoms with Crippen LogP contribution in [0.15, 0.2) is 0 Å². The van der Waals surface area contributed by atoms with E-state index in [0.29, 0.717) is 6.42 Å². The van der Waals surface area contributed by atoms with Crippen molar-refractivity contribution in [1.82, 2.24) is 0 Å². The van der Waals surface area contributed by atoms with Crippen LogP contribution in [0.25, 0.3) is 0 Å². The van der Waals surface area contributed by atoms with Gasteiger partial charge in [-0.15, -0.1) is 12.3 Å². The Bertz CT molecular complexity index is 183. The van der Waals surface area contributed by atoms with Gasteiger partial charge in [0.25, 0.3) is 0 Å². The second kappa shape index (κ2) is 3.54. The summed E-state index contributed by atoms with van der Waals surface area (Å²) in [6.45, 7) is 5.52. The fourth-order valence-corrected chi connectivity index (χ4v) is 0.776. The molecule has 0 aliphatic carbocycles. The highest BCUT2D eigenvalue weighted by molar-refractivity contribution is 5.88. The molecule has 0 radical (unpaired) electrons. The van der Waals surface area contributed by atoms with Crippen LogP contribution in [0.3, 0.4) is 0 Å². The monoisotopic (exact) mass is 153 g/mol. The quantitative estimate of drug-likeness (QED) is 0.600. The van der Waals surface area contributed by atoms with Crippen LogP contribution in [0.4, 0.5) is 0 Å². The highest BCUT2D eigenvalue weighted by Crippen LogP contribution is 2.16. The summed E-state index contributed by atoms with van der Waals surface area (Å²) in [6, 6.07) is -0.500. The number of nitrogens with two attached hydrogens (primary N) is 1. The number of ketones is 1. The number of carbonyl (C=O) groups is 1. The van der Waals surface area contributed by atoms with Crippen molar-refractivity contribution in [2.75, 3.05) is 0 Å². The maximum atomic E-state index is 11.3. The molecule has 0 aromatic heterocycles. The van der Waals surface area contributed by atoms with Gasteiger partial charge in [0, 0.05) is 11.8 Å². The van der Waals surface area contributed by atoms with Gasteiger partial charge in [-0.1, -0.05) is 20.8 Å². The molecular formula is C9H15NO. The molecule has 0 aromatic rings. The molecule has 1 unspecified atom stereocenters. The van der Waals surface area contributed by atoms with E-state index >= 15 is 0 Å². The third-order valence-electron chi connectivity index (χ3n) is 1.41. The summed E-state index contributed by atoms with van der Waals surface area (Å²) in [6.07, 6.45) is 5.36. The Labute approximate surface area is 68.2 Å². The summed E-state index contributed by atoms with van der Waals surface area (Å²) in [7, 11) is 0. The summed E-state index contributed by atoms with van der Waals surface area (Å²) in [5, 5.41) is 0. The fourth-order valence-electron chi connectivity index (χ4n) is 0.776. The van der Waals surface area contributed by atoms with Crippen molar-refractivity contribution in [3.05, 3.63) is 0 Å². The summed E-state index contributed by atoms with van der Waals surface area (Å²) >= 11 is 0. The number of hydrogen-bond donors (Lipinski definition) is 1. The first-order valence-electron chi connectivity index (χ1n) is 3.63. The zero-order valence-electron chi connectivity index (χ0n) is 7.35. The van der Waals surface area contributed by atoms with E-state index in [1.807, 2.05) is 20.8 Å². The van der Waals surface area contributed by atoms with Crippen molar-refractivity contribution in [1.29, 1.82) is 0 Å². The molecule has 0 spiro atoms. The van der Waals surface area contributed by atoms with Gasteiger partial charge in [0.15, 0.2) is 5.78 Å². The van der Waals surface area contributed by atoms with Crippen molar-refractivity contribution in [3.8, 4) is 12.3 Å². The molecule has 11 heavy (non-hydrogen) atoms. The van der Waals surface area contributed by atoms with Gasteiger partial charge in [-0.3, -0.25) is 4.79 Å². The van der Waals surface area contributed by atoms with Gasteiger partial charge in [-0.05, 0) is 0 Å². The SMILES string of the molecule is C#CCC(N)C(=O)C(C)(C)C. The lowest BCUT2D eigenvalue weighted by Gasteiger charge is -2.19. The second-order valence-electron chi connectivity index (χ2n) is 3.63. The molecule has 0 heterocycles. The third-order valence-corrected chi connectivity index (χ3v) is 1.41. The molecule has 0 amide bonds. The molecule has 62 valence electrons.